The van der Waals surface area contributed by atoms with Gasteiger partial charge in [-0.1, -0.05) is 6.07 Å². The average molecular weight is 235 g/mol. The highest BCUT2D eigenvalue weighted by molar-refractivity contribution is 5.40. The molecule has 0 aliphatic rings. The van der Waals surface area contributed by atoms with Gasteiger partial charge < -0.3 is 10.1 Å². The van der Waals surface area contributed by atoms with Gasteiger partial charge in [0.1, 0.15) is 11.6 Å². The summed E-state index contributed by atoms with van der Waals surface area (Å²) in [5.74, 6) is 0.244. The second-order valence-corrected chi connectivity index (χ2v) is 3.71. The predicted octanol–water partition coefficient (Wildman–Crippen LogP) is 2.18. The van der Waals surface area contributed by atoms with Crippen molar-refractivity contribution in [2.24, 2.45) is 7.05 Å². The lowest BCUT2D eigenvalue weighted by atomic mass is 10.2. The molecule has 0 unspecified atom stereocenters. The Morgan fingerprint density at radius 1 is 1.47 bits per heavy atom. The van der Waals surface area contributed by atoms with Crippen LogP contribution in [-0.2, 0) is 13.6 Å². The summed E-state index contributed by atoms with van der Waals surface area (Å²) in [5, 5.41) is 7.12. The lowest BCUT2D eigenvalue weighted by molar-refractivity contribution is 0.411. The Hall–Kier alpha value is -2.04. The molecule has 0 bridgehead atoms. The van der Waals surface area contributed by atoms with Gasteiger partial charge in [-0.3, -0.25) is 4.68 Å². The molecule has 5 heteroatoms. The Morgan fingerprint density at radius 3 is 2.88 bits per heavy atom. The summed E-state index contributed by atoms with van der Waals surface area (Å²) < 4.78 is 20.2. The van der Waals surface area contributed by atoms with Crippen molar-refractivity contribution < 1.29 is 9.13 Å². The van der Waals surface area contributed by atoms with E-state index < -0.39 is 0 Å². The summed E-state index contributed by atoms with van der Waals surface area (Å²) in [6.07, 6.45) is 3.53. The molecule has 2 rings (SSSR count). The van der Waals surface area contributed by atoms with Crippen LogP contribution in [0.3, 0.4) is 0 Å². The molecule has 1 aromatic carbocycles. The summed E-state index contributed by atoms with van der Waals surface area (Å²) in [7, 11) is 3.35. The fourth-order valence-electron chi connectivity index (χ4n) is 1.51. The van der Waals surface area contributed by atoms with Crippen molar-refractivity contribution in [2.45, 2.75) is 6.54 Å². The van der Waals surface area contributed by atoms with Crippen LogP contribution in [0.4, 0.5) is 10.1 Å². The lowest BCUT2D eigenvalue weighted by Crippen LogP contribution is -2.01. The van der Waals surface area contributed by atoms with Crippen LogP contribution in [0.15, 0.2) is 30.6 Å². The van der Waals surface area contributed by atoms with E-state index in [2.05, 4.69) is 10.4 Å². The van der Waals surface area contributed by atoms with Crippen LogP contribution >= 0.6 is 0 Å². The Balaban J connectivity index is 2.04. The highest BCUT2D eigenvalue weighted by Crippen LogP contribution is 2.17. The molecule has 0 atom stereocenters. The Labute approximate surface area is 99.0 Å². The topological polar surface area (TPSA) is 39.1 Å². The van der Waals surface area contributed by atoms with Crippen LogP contribution in [0, 0.1) is 5.82 Å². The molecular weight excluding hydrogens is 221 g/mol. The number of ether oxygens (including phenoxy) is 1. The van der Waals surface area contributed by atoms with Gasteiger partial charge >= 0.3 is 0 Å². The van der Waals surface area contributed by atoms with E-state index in [1.54, 1.807) is 23.0 Å². The molecule has 4 nitrogen and oxygen atoms in total. The second-order valence-electron chi connectivity index (χ2n) is 3.71. The molecular formula is C12H14FN3O. The number of hydrogen-bond acceptors (Lipinski definition) is 3. The number of aromatic nitrogens is 2. The van der Waals surface area contributed by atoms with E-state index in [-0.39, 0.29) is 5.82 Å². The molecule has 90 valence electrons. The molecule has 0 saturated carbocycles. The third kappa shape index (κ3) is 2.75. The molecule has 0 radical (unpaired) electrons. The fraction of sp³-hybridized carbons (Fsp3) is 0.250. The van der Waals surface area contributed by atoms with E-state index in [1.807, 2.05) is 13.2 Å². The summed E-state index contributed by atoms with van der Waals surface area (Å²) in [4.78, 5) is 0. The number of nitrogens with zero attached hydrogens (tertiary/aromatic N) is 2. The van der Waals surface area contributed by atoms with Crippen molar-refractivity contribution in [2.75, 3.05) is 12.4 Å². The number of aryl methyl sites for hydroxylation is 1. The summed E-state index contributed by atoms with van der Waals surface area (Å²) in [5.41, 5.74) is 1.46. The van der Waals surface area contributed by atoms with Gasteiger partial charge in [0.15, 0.2) is 0 Å². The number of halogens is 1. The molecule has 0 spiro atoms. The predicted molar refractivity (Wildman–Crippen MR) is 63.5 cm³/mol. The lowest BCUT2D eigenvalue weighted by Gasteiger charge is -2.06. The van der Waals surface area contributed by atoms with Crippen molar-refractivity contribution >= 4 is 5.69 Å². The van der Waals surface area contributed by atoms with E-state index in [1.165, 1.54) is 13.2 Å². The summed E-state index contributed by atoms with van der Waals surface area (Å²) >= 11 is 0. The average Bonchev–Trinajstić information content (AvgIpc) is 2.73. The minimum Gasteiger partial charge on any atom is -0.497 e. The number of rotatable bonds is 4. The number of methoxy groups -OCH3 is 1. The minimum atomic E-state index is -0.277. The first kappa shape index (κ1) is 11.4. The highest BCUT2D eigenvalue weighted by atomic mass is 19.1. The van der Waals surface area contributed by atoms with Crippen LogP contribution in [0.2, 0.25) is 0 Å². The molecule has 0 saturated heterocycles. The number of hydrogen-bond donors (Lipinski definition) is 1. The van der Waals surface area contributed by atoms with E-state index in [0.29, 0.717) is 17.9 Å². The summed E-state index contributed by atoms with van der Waals surface area (Å²) in [6, 6.07) is 4.82. The standard InChI is InChI=1S/C12H14FN3O/c1-16-8-10(7-15-16)14-6-9-3-4-11(17-2)5-12(9)13/h3-5,7-8,14H,6H2,1-2H3. The van der Waals surface area contributed by atoms with E-state index >= 15 is 0 Å². The summed E-state index contributed by atoms with van der Waals surface area (Å²) in [6.45, 7) is 0.418. The fourth-order valence-corrected chi connectivity index (χ4v) is 1.51. The van der Waals surface area contributed by atoms with Crippen molar-refractivity contribution in [3.63, 3.8) is 0 Å². The smallest absolute Gasteiger partial charge is 0.131 e. The highest BCUT2D eigenvalue weighted by Gasteiger charge is 2.04. The van der Waals surface area contributed by atoms with Gasteiger partial charge in [0.2, 0.25) is 0 Å². The van der Waals surface area contributed by atoms with Crippen LogP contribution in [0.1, 0.15) is 5.56 Å². The third-order valence-corrected chi connectivity index (χ3v) is 2.45. The van der Waals surface area contributed by atoms with Crippen LogP contribution < -0.4 is 10.1 Å². The van der Waals surface area contributed by atoms with Crippen molar-refractivity contribution in [3.8, 4) is 5.75 Å². The first-order valence-corrected chi connectivity index (χ1v) is 5.24. The third-order valence-electron chi connectivity index (χ3n) is 2.45. The first-order chi connectivity index (χ1) is 8.19. The maximum atomic E-state index is 13.6. The maximum Gasteiger partial charge on any atom is 0.131 e. The zero-order valence-corrected chi connectivity index (χ0v) is 9.77. The van der Waals surface area contributed by atoms with Crippen LogP contribution in [-0.4, -0.2) is 16.9 Å². The molecule has 0 fully saturated rings. The van der Waals surface area contributed by atoms with Crippen LogP contribution in [0.25, 0.3) is 0 Å². The van der Waals surface area contributed by atoms with Crippen molar-refractivity contribution in [3.05, 3.63) is 42.0 Å². The largest absolute Gasteiger partial charge is 0.497 e. The Bertz CT molecular complexity index is 510. The molecule has 0 aliphatic carbocycles. The maximum absolute atomic E-state index is 13.6. The van der Waals surface area contributed by atoms with Gasteiger partial charge in [-0.05, 0) is 6.07 Å². The van der Waals surface area contributed by atoms with E-state index in [0.717, 1.165) is 5.69 Å². The Morgan fingerprint density at radius 2 is 2.29 bits per heavy atom. The van der Waals surface area contributed by atoms with Crippen molar-refractivity contribution in [1.29, 1.82) is 0 Å². The van der Waals surface area contributed by atoms with Crippen molar-refractivity contribution in [1.82, 2.24) is 9.78 Å². The van der Waals surface area contributed by atoms with E-state index in [9.17, 15) is 4.39 Å². The SMILES string of the molecule is COc1ccc(CNc2cnn(C)c2)c(F)c1. The molecule has 2 aromatic rings. The molecule has 1 heterocycles. The van der Waals surface area contributed by atoms with Gasteiger partial charge in [0.05, 0.1) is 19.0 Å². The van der Waals surface area contributed by atoms with Gasteiger partial charge in [-0.25, -0.2) is 4.39 Å². The number of nitrogens with one attached hydrogen (secondary N) is 1. The molecule has 0 aliphatic heterocycles. The zero-order chi connectivity index (χ0) is 12.3. The van der Waals surface area contributed by atoms with Crippen LogP contribution in [0.5, 0.6) is 5.75 Å². The quantitative estimate of drug-likeness (QED) is 0.882. The monoisotopic (exact) mass is 235 g/mol. The molecule has 1 aromatic heterocycles. The first-order valence-electron chi connectivity index (χ1n) is 5.24. The normalized spacial score (nSPS) is 10.3. The Kier molecular flexibility index (Phi) is 3.27. The van der Waals surface area contributed by atoms with Gasteiger partial charge in [0, 0.05) is 31.4 Å². The molecule has 1 N–H and O–H groups in total. The minimum absolute atomic E-state index is 0.277. The zero-order valence-electron chi connectivity index (χ0n) is 9.77. The van der Waals surface area contributed by atoms with Gasteiger partial charge in [0.25, 0.3) is 0 Å². The van der Waals surface area contributed by atoms with Gasteiger partial charge in [-0.15, -0.1) is 0 Å². The molecule has 17 heavy (non-hydrogen) atoms. The number of benzene rings is 1. The number of anilines is 1. The second kappa shape index (κ2) is 4.86. The van der Waals surface area contributed by atoms with Gasteiger partial charge in [-0.2, -0.15) is 5.10 Å². The molecule has 0 amide bonds. The van der Waals surface area contributed by atoms with E-state index in [4.69, 9.17) is 4.74 Å².